The van der Waals surface area contributed by atoms with Crippen LogP contribution in [0.4, 0.5) is 10.5 Å². The zero-order chi connectivity index (χ0) is 15.4. The molecule has 1 aromatic carbocycles. The van der Waals surface area contributed by atoms with Gasteiger partial charge in [-0.2, -0.15) is 0 Å². The van der Waals surface area contributed by atoms with Crippen LogP contribution >= 0.6 is 11.8 Å². The number of ether oxygens (including phenoxy) is 2. The third kappa shape index (κ3) is 3.33. The maximum absolute atomic E-state index is 12.2. The molecule has 1 heterocycles. The Hall–Kier alpha value is -2.09. The van der Waals surface area contributed by atoms with Crippen molar-refractivity contribution in [1.82, 2.24) is 4.90 Å². The van der Waals surface area contributed by atoms with Crippen LogP contribution in [0.1, 0.15) is 0 Å². The molecule has 0 spiro atoms. The molecule has 21 heavy (non-hydrogen) atoms. The van der Waals surface area contributed by atoms with Gasteiger partial charge >= 0.3 is 12.0 Å². The average molecular weight is 312 g/mol. The number of carbonyl (C=O) groups excluding carboxylic acids is 1. The quantitative estimate of drug-likeness (QED) is 0.879. The van der Waals surface area contributed by atoms with Gasteiger partial charge in [0.2, 0.25) is 0 Å². The van der Waals surface area contributed by atoms with Gasteiger partial charge in [0.1, 0.15) is 17.5 Å². The molecule has 1 atom stereocenters. The van der Waals surface area contributed by atoms with Gasteiger partial charge in [-0.25, -0.2) is 9.59 Å². The largest absolute Gasteiger partial charge is 0.497 e. The number of rotatable bonds is 4. The minimum atomic E-state index is -1.01. The number of aliphatic carboxylic acids is 1. The SMILES string of the molecule is COc1ccc(OC)c(NC(=O)N2CSC[C@H]2C(=O)O)c1. The number of hydrogen-bond acceptors (Lipinski definition) is 5. The van der Waals surface area contributed by atoms with Crippen LogP contribution in [-0.2, 0) is 4.79 Å². The molecule has 0 saturated carbocycles. The molecule has 2 rings (SSSR count). The number of carboxylic acid groups (broad SMARTS) is 1. The standard InChI is InChI=1S/C13H16N2O5S/c1-19-8-3-4-11(20-2)9(5-8)14-13(18)15-7-21-6-10(15)12(16)17/h3-5,10H,6-7H2,1-2H3,(H,14,18)(H,16,17)/t10-/m0/s1. The van der Waals surface area contributed by atoms with Crippen LogP contribution in [0, 0.1) is 0 Å². The van der Waals surface area contributed by atoms with Gasteiger partial charge in [0.15, 0.2) is 0 Å². The highest BCUT2D eigenvalue weighted by Gasteiger charge is 2.34. The number of methoxy groups -OCH3 is 2. The second-order valence-electron chi connectivity index (χ2n) is 4.32. The van der Waals surface area contributed by atoms with Crippen LogP contribution in [0.25, 0.3) is 0 Å². The molecule has 114 valence electrons. The molecule has 0 bridgehead atoms. The second-order valence-corrected chi connectivity index (χ2v) is 5.32. The van der Waals surface area contributed by atoms with E-state index in [0.29, 0.717) is 28.8 Å². The van der Waals surface area contributed by atoms with Crippen molar-refractivity contribution in [1.29, 1.82) is 0 Å². The molecule has 0 unspecified atom stereocenters. The molecule has 0 aliphatic carbocycles. The molecule has 1 aliphatic rings. The number of nitrogens with one attached hydrogen (secondary N) is 1. The number of thioether (sulfide) groups is 1. The Kier molecular flexibility index (Phi) is 4.79. The van der Waals surface area contributed by atoms with E-state index in [1.807, 2.05) is 0 Å². The molecule has 2 N–H and O–H groups in total. The van der Waals surface area contributed by atoms with Crippen LogP contribution in [0.2, 0.25) is 0 Å². The van der Waals surface area contributed by atoms with Crippen LogP contribution in [0.5, 0.6) is 11.5 Å². The number of hydrogen-bond donors (Lipinski definition) is 2. The third-order valence-electron chi connectivity index (χ3n) is 3.08. The summed E-state index contributed by atoms with van der Waals surface area (Å²) in [5.41, 5.74) is 0.433. The second kappa shape index (κ2) is 6.57. The molecule has 0 radical (unpaired) electrons. The highest BCUT2D eigenvalue weighted by Crippen LogP contribution is 2.30. The monoisotopic (exact) mass is 312 g/mol. The Morgan fingerprint density at radius 1 is 1.38 bits per heavy atom. The van der Waals surface area contributed by atoms with Crippen molar-refractivity contribution < 1.29 is 24.2 Å². The molecule has 1 aromatic rings. The molecular weight excluding hydrogens is 296 g/mol. The van der Waals surface area contributed by atoms with Crippen molar-refractivity contribution in [2.45, 2.75) is 6.04 Å². The van der Waals surface area contributed by atoms with Crippen LogP contribution in [0.3, 0.4) is 0 Å². The number of nitrogens with zero attached hydrogens (tertiary/aromatic N) is 1. The van der Waals surface area contributed by atoms with Crippen LogP contribution < -0.4 is 14.8 Å². The van der Waals surface area contributed by atoms with Crippen LogP contribution in [-0.4, -0.2) is 53.9 Å². The highest BCUT2D eigenvalue weighted by atomic mass is 32.2. The van der Waals surface area contributed by atoms with Crippen molar-refractivity contribution in [2.75, 3.05) is 31.2 Å². The normalized spacial score (nSPS) is 17.4. The summed E-state index contributed by atoms with van der Waals surface area (Å²) >= 11 is 1.40. The van der Waals surface area contributed by atoms with Crippen molar-refractivity contribution in [3.05, 3.63) is 18.2 Å². The first kappa shape index (κ1) is 15.3. The van der Waals surface area contributed by atoms with Gasteiger partial charge in [-0.3, -0.25) is 0 Å². The summed E-state index contributed by atoms with van der Waals surface area (Å²) in [7, 11) is 3.01. The summed E-state index contributed by atoms with van der Waals surface area (Å²) < 4.78 is 10.3. The van der Waals surface area contributed by atoms with E-state index in [9.17, 15) is 9.59 Å². The zero-order valence-electron chi connectivity index (χ0n) is 11.7. The molecule has 1 fully saturated rings. The lowest BCUT2D eigenvalue weighted by atomic mass is 10.2. The number of urea groups is 1. The van der Waals surface area contributed by atoms with Crippen molar-refractivity contribution in [3.63, 3.8) is 0 Å². The number of carboxylic acids is 1. The van der Waals surface area contributed by atoms with Gasteiger partial charge in [-0.15, -0.1) is 11.8 Å². The van der Waals surface area contributed by atoms with Crippen molar-refractivity contribution in [3.8, 4) is 11.5 Å². The Bertz CT molecular complexity index is 551. The van der Waals surface area contributed by atoms with Gasteiger partial charge in [0.25, 0.3) is 0 Å². The maximum atomic E-state index is 12.2. The zero-order valence-corrected chi connectivity index (χ0v) is 12.5. The fourth-order valence-corrected chi connectivity index (χ4v) is 3.09. The Morgan fingerprint density at radius 3 is 2.76 bits per heavy atom. The molecule has 1 saturated heterocycles. The minimum Gasteiger partial charge on any atom is -0.497 e. The fourth-order valence-electron chi connectivity index (χ4n) is 1.95. The average Bonchev–Trinajstić information content (AvgIpc) is 2.96. The first-order chi connectivity index (χ1) is 10.1. The molecule has 0 aromatic heterocycles. The van der Waals surface area contributed by atoms with Gasteiger partial charge in [-0.05, 0) is 12.1 Å². The summed E-state index contributed by atoms with van der Waals surface area (Å²) in [6, 6.07) is 3.71. The predicted molar refractivity (Wildman–Crippen MR) is 79.2 cm³/mol. The summed E-state index contributed by atoms with van der Waals surface area (Å²) in [6.45, 7) is 0. The van der Waals surface area contributed by atoms with E-state index < -0.39 is 18.0 Å². The predicted octanol–water partition coefficient (Wildman–Crippen LogP) is 1.70. The Balaban J connectivity index is 2.17. The smallest absolute Gasteiger partial charge is 0.327 e. The lowest BCUT2D eigenvalue weighted by Crippen LogP contribution is -2.44. The summed E-state index contributed by atoms with van der Waals surface area (Å²) in [6.07, 6.45) is 0. The number of amides is 2. The summed E-state index contributed by atoms with van der Waals surface area (Å²) in [5.74, 6) is 0.764. The lowest BCUT2D eigenvalue weighted by Gasteiger charge is -2.21. The molecule has 8 heteroatoms. The van der Waals surface area contributed by atoms with Crippen LogP contribution in [0.15, 0.2) is 18.2 Å². The molecular formula is C13H16N2O5S. The Labute approximate surface area is 126 Å². The van der Waals surface area contributed by atoms with E-state index in [0.717, 1.165) is 0 Å². The van der Waals surface area contributed by atoms with Crippen molar-refractivity contribution >= 4 is 29.4 Å². The van der Waals surface area contributed by atoms with E-state index >= 15 is 0 Å². The van der Waals surface area contributed by atoms with Gasteiger partial charge < -0.3 is 24.8 Å². The van der Waals surface area contributed by atoms with Crippen molar-refractivity contribution in [2.24, 2.45) is 0 Å². The summed E-state index contributed by atoms with van der Waals surface area (Å²) in [5, 5.41) is 11.8. The van der Waals surface area contributed by atoms with E-state index in [1.165, 1.54) is 30.9 Å². The molecule has 7 nitrogen and oxygen atoms in total. The lowest BCUT2D eigenvalue weighted by molar-refractivity contribution is -0.140. The minimum absolute atomic E-state index is 0.342. The fraction of sp³-hybridized carbons (Fsp3) is 0.385. The number of anilines is 1. The molecule has 1 aliphatic heterocycles. The van der Waals surface area contributed by atoms with E-state index in [4.69, 9.17) is 14.6 Å². The van der Waals surface area contributed by atoms with E-state index in [2.05, 4.69) is 5.32 Å². The first-order valence-corrected chi connectivity index (χ1v) is 7.32. The van der Waals surface area contributed by atoms with Gasteiger partial charge in [-0.1, -0.05) is 0 Å². The molecule has 2 amide bonds. The topological polar surface area (TPSA) is 88.1 Å². The Morgan fingerprint density at radius 2 is 2.14 bits per heavy atom. The summed E-state index contributed by atoms with van der Waals surface area (Å²) in [4.78, 5) is 24.6. The van der Waals surface area contributed by atoms with E-state index in [1.54, 1.807) is 18.2 Å². The van der Waals surface area contributed by atoms with E-state index in [-0.39, 0.29) is 0 Å². The maximum Gasteiger partial charge on any atom is 0.327 e. The van der Waals surface area contributed by atoms with Gasteiger partial charge in [0, 0.05) is 11.8 Å². The number of benzene rings is 1. The highest BCUT2D eigenvalue weighted by molar-refractivity contribution is 7.99. The first-order valence-electron chi connectivity index (χ1n) is 6.17. The van der Waals surface area contributed by atoms with Gasteiger partial charge in [0.05, 0.1) is 25.8 Å². The number of carbonyl (C=O) groups is 2. The third-order valence-corrected chi connectivity index (χ3v) is 4.09.